The largest absolute Gasteiger partial charge is 0.508 e. The lowest BCUT2D eigenvalue weighted by Crippen LogP contribution is -2.46. The Balaban J connectivity index is 1.32. The number of hydrogen-bond donors (Lipinski definition) is 1. The minimum Gasteiger partial charge on any atom is -0.508 e. The fourth-order valence-electron chi connectivity index (χ4n) is 3.84. The molecule has 0 bridgehead atoms. The van der Waals surface area contributed by atoms with Crippen molar-refractivity contribution in [3.8, 4) is 16.9 Å². The number of anilines is 1. The van der Waals surface area contributed by atoms with Crippen molar-refractivity contribution >= 4 is 16.9 Å². The van der Waals surface area contributed by atoms with E-state index in [-0.39, 0.29) is 5.75 Å². The molecular weight excluding hydrogens is 374 g/mol. The number of piperazine rings is 1. The van der Waals surface area contributed by atoms with E-state index >= 15 is 0 Å². The Bertz CT molecular complexity index is 1140. The van der Waals surface area contributed by atoms with Gasteiger partial charge in [-0.1, -0.05) is 24.3 Å². The third kappa shape index (κ3) is 3.95. The van der Waals surface area contributed by atoms with Gasteiger partial charge in [0.05, 0.1) is 22.9 Å². The first-order valence-corrected chi connectivity index (χ1v) is 10.2. The van der Waals surface area contributed by atoms with E-state index < -0.39 is 0 Å². The number of pyridine rings is 1. The predicted molar refractivity (Wildman–Crippen MR) is 118 cm³/mol. The number of phenols is 1. The normalized spacial score (nSPS) is 14.9. The molecule has 2 aromatic carbocycles. The van der Waals surface area contributed by atoms with Crippen molar-refractivity contribution in [1.29, 1.82) is 0 Å². The van der Waals surface area contributed by atoms with Crippen LogP contribution in [-0.4, -0.2) is 51.1 Å². The first-order valence-electron chi connectivity index (χ1n) is 10.2. The van der Waals surface area contributed by atoms with Gasteiger partial charge in [-0.05, 0) is 47.5 Å². The maximum absolute atomic E-state index is 9.52. The molecule has 0 amide bonds. The summed E-state index contributed by atoms with van der Waals surface area (Å²) in [6, 6.07) is 19.4. The van der Waals surface area contributed by atoms with Gasteiger partial charge < -0.3 is 10.0 Å². The van der Waals surface area contributed by atoms with Crippen molar-refractivity contribution in [2.45, 2.75) is 6.54 Å². The van der Waals surface area contributed by atoms with Crippen LogP contribution in [0.1, 0.15) is 5.69 Å². The molecule has 5 rings (SSSR count). The third-order valence-corrected chi connectivity index (χ3v) is 5.54. The molecule has 0 unspecified atom stereocenters. The molecule has 6 heteroatoms. The molecule has 0 atom stereocenters. The van der Waals surface area contributed by atoms with E-state index in [1.54, 1.807) is 12.1 Å². The van der Waals surface area contributed by atoms with Gasteiger partial charge in [0.2, 0.25) is 0 Å². The van der Waals surface area contributed by atoms with Crippen molar-refractivity contribution in [2.75, 3.05) is 31.1 Å². The highest BCUT2D eigenvalue weighted by atomic mass is 16.3. The molecule has 1 aliphatic heterocycles. The van der Waals surface area contributed by atoms with Gasteiger partial charge in [-0.25, -0.2) is 4.98 Å². The van der Waals surface area contributed by atoms with E-state index in [1.807, 2.05) is 48.8 Å². The van der Waals surface area contributed by atoms with Crippen LogP contribution in [0.15, 0.2) is 73.1 Å². The molecule has 3 heterocycles. The molecule has 4 aromatic rings. The quantitative estimate of drug-likeness (QED) is 0.566. The van der Waals surface area contributed by atoms with E-state index in [4.69, 9.17) is 4.98 Å². The van der Waals surface area contributed by atoms with Crippen LogP contribution in [0.4, 0.5) is 5.82 Å². The highest BCUT2D eigenvalue weighted by Crippen LogP contribution is 2.26. The fraction of sp³-hybridized carbons (Fsp3) is 0.208. The molecular formula is C24H23N5O. The molecule has 0 radical (unpaired) electrons. The average molecular weight is 397 g/mol. The van der Waals surface area contributed by atoms with Crippen LogP contribution in [0.25, 0.3) is 22.2 Å². The molecule has 2 aromatic heterocycles. The highest BCUT2D eigenvalue weighted by molar-refractivity contribution is 5.82. The molecule has 150 valence electrons. The SMILES string of the molecule is Oc1ccc(-c2ccc3ncc(N4CCN(Cc5ccccn5)CC4)nc3c2)cc1. The van der Waals surface area contributed by atoms with E-state index in [9.17, 15) is 5.11 Å². The maximum Gasteiger partial charge on any atom is 0.147 e. The Kier molecular flexibility index (Phi) is 4.99. The highest BCUT2D eigenvalue weighted by Gasteiger charge is 2.19. The van der Waals surface area contributed by atoms with Crippen molar-refractivity contribution < 1.29 is 5.11 Å². The molecule has 1 fully saturated rings. The van der Waals surface area contributed by atoms with E-state index in [1.165, 1.54) is 0 Å². The number of aromatic nitrogens is 3. The van der Waals surface area contributed by atoms with Crippen LogP contribution >= 0.6 is 0 Å². The number of rotatable bonds is 4. The zero-order valence-electron chi connectivity index (χ0n) is 16.6. The summed E-state index contributed by atoms with van der Waals surface area (Å²) >= 11 is 0. The number of phenolic OH excluding ortho intramolecular Hbond substituents is 1. The van der Waals surface area contributed by atoms with Crippen LogP contribution in [0, 0.1) is 0 Å². The maximum atomic E-state index is 9.52. The smallest absolute Gasteiger partial charge is 0.147 e. The number of fused-ring (bicyclic) bond motifs is 1. The van der Waals surface area contributed by atoms with Gasteiger partial charge in [0.15, 0.2) is 0 Å². The van der Waals surface area contributed by atoms with Gasteiger partial charge in [0.25, 0.3) is 0 Å². The van der Waals surface area contributed by atoms with Gasteiger partial charge in [-0.15, -0.1) is 0 Å². The summed E-state index contributed by atoms with van der Waals surface area (Å²) in [4.78, 5) is 18.7. The van der Waals surface area contributed by atoms with Crippen molar-refractivity contribution in [3.63, 3.8) is 0 Å². The van der Waals surface area contributed by atoms with Gasteiger partial charge in [-0.2, -0.15) is 0 Å². The van der Waals surface area contributed by atoms with Crippen molar-refractivity contribution in [3.05, 3.63) is 78.8 Å². The number of benzene rings is 2. The second kappa shape index (κ2) is 8.08. The van der Waals surface area contributed by atoms with Crippen molar-refractivity contribution in [1.82, 2.24) is 19.9 Å². The molecule has 0 aliphatic carbocycles. The summed E-state index contributed by atoms with van der Waals surface area (Å²) in [7, 11) is 0. The molecule has 0 spiro atoms. The second-order valence-corrected chi connectivity index (χ2v) is 7.56. The fourth-order valence-corrected chi connectivity index (χ4v) is 3.84. The number of nitrogens with zero attached hydrogens (tertiary/aromatic N) is 5. The lowest BCUT2D eigenvalue weighted by molar-refractivity contribution is 0.246. The molecule has 1 aliphatic rings. The zero-order valence-corrected chi connectivity index (χ0v) is 16.6. The third-order valence-electron chi connectivity index (χ3n) is 5.54. The summed E-state index contributed by atoms with van der Waals surface area (Å²) in [5.74, 6) is 1.19. The molecule has 30 heavy (non-hydrogen) atoms. The van der Waals surface area contributed by atoms with Crippen molar-refractivity contribution in [2.24, 2.45) is 0 Å². The summed E-state index contributed by atoms with van der Waals surface area (Å²) in [6.45, 7) is 4.68. The standard InChI is InChI=1S/C24H23N5O/c30-21-7-4-18(5-8-21)19-6-9-22-23(15-19)27-24(16-26-22)29-13-11-28(12-14-29)17-20-3-1-2-10-25-20/h1-10,15-16,30H,11-14,17H2. The van der Waals surface area contributed by atoms with Crippen LogP contribution in [-0.2, 0) is 6.54 Å². The van der Waals surface area contributed by atoms with Crippen LogP contribution < -0.4 is 4.90 Å². The first-order chi connectivity index (χ1) is 14.7. The van der Waals surface area contributed by atoms with E-state index in [0.29, 0.717) is 0 Å². The van der Waals surface area contributed by atoms with Crippen LogP contribution in [0.3, 0.4) is 0 Å². The zero-order chi connectivity index (χ0) is 20.3. The van der Waals surface area contributed by atoms with Crippen LogP contribution in [0.2, 0.25) is 0 Å². The summed E-state index contributed by atoms with van der Waals surface area (Å²) in [5, 5.41) is 9.52. The lowest BCUT2D eigenvalue weighted by Gasteiger charge is -2.35. The molecule has 1 saturated heterocycles. The Morgan fingerprint density at radius 2 is 1.60 bits per heavy atom. The minimum atomic E-state index is 0.267. The number of hydrogen-bond acceptors (Lipinski definition) is 6. The van der Waals surface area contributed by atoms with E-state index in [0.717, 1.165) is 66.4 Å². The van der Waals surface area contributed by atoms with E-state index in [2.05, 4.69) is 31.9 Å². The van der Waals surface area contributed by atoms with Crippen LogP contribution in [0.5, 0.6) is 5.75 Å². The lowest BCUT2D eigenvalue weighted by atomic mass is 10.0. The predicted octanol–water partition coefficient (Wildman–Crippen LogP) is 3.72. The van der Waals surface area contributed by atoms with Gasteiger partial charge in [0.1, 0.15) is 11.6 Å². The molecule has 1 N–H and O–H groups in total. The molecule has 0 saturated carbocycles. The summed E-state index contributed by atoms with van der Waals surface area (Å²) < 4.78 is 0. The Labute approximate surface area is 175 Å². The number of aromatic hydroxyl groups is 1. The topological polar surface area (TPSA) is 65.4 Å². The summed E-state index contributed by atoms with van der Waals surface area (Å²) in [6.07, 6.45) is 3.72. The first kappa shape index (κ1) is 18.5. The Hall–Kier alpha value is -3.51. The molecule has 6 nitrogen and oxygen atoms in total. The van der Waals surface area contributed by atoms with Gasteiger partial charge >= 0.3 is 0 Å². The Morgan fingerprint density at radius 3 is 2.37 bits per heavy atom. The van der Waals surface area contributed by atoms with Gasteiger partial charge in [-0.3, -0.25) is 14.9 Å². The average Bonchev–Trinajstić information content (AvgIpc) is 2.80. The second-order valence-electron chi connectivity index (χ2n) is 7.56. The minimum absolute atomic E-state index is 0.267. The monoisotopic (exact) mass is 397 g/mol. The summed E-state index contributed by atoms with van der Waals surface area (Å²) in [5.41, 5.74) is 4.99. The van der Waals surface area contributed by atoms with Gasteiger partial charge in [0, 0.05) is 38.9 Å². The Morgan fingerprint density at radius 1 is 0.800 bits per heavy atom.